The minimum Gasteiger partial charge on any atom is -0.508 e. The first-order valence-corrected chi connectivity index (χ1v) is 9.97. The van der Waals surface area contributed by atoms with Gasteiger partial charge in [0, 0.05) is 13.5 Å². The van der Waals surface area contributed by atoms with Crippen molar-refractivity contribution >= 4 is 5.96 Å². The Morgan fingerprint density at radius 2 is 1.80 bits per heavy atom. The molecule has 2 aliphatic rings. The molecule has 30 heavy (non-hydrogen) atoms. The van der Waals surface area contributed by atoms with E-state index in [1.54, 1.807) is 23.3 Å². The zero-order valence-electron chi connectivity index (χ0n) is 16.7. The van der Waals surface area contributed by atoms with Crippen LogP contribution in [0.3, 0.4) is 0 Å². The van der Waals surface area contributed by atoms with E-state index >= 15 is 0 Å². The van der Waals surface area contributed by atoms with E-state index in [2.05, 4.69) is 5.32 Å². The van der Waals surface area contributed by atoms with E-state index in [-0.39, 0.29) is 11.9 Å². The van der Waals surface area contributed by atoms with E-state index in [0.717, 1.165) is 16.7 Å². The van der Waals surface area contributed by atoms with Gasteiger partial charge in [0.05, 0.1) is 12.1 Å². The molecule has 1 fully saturated rings. The van der Waals surface area contributed by atoms with Crippen molar-refractivity contribution in [1.82, 2.24) is 10.4 Å². The summed E-state index contributed by atoms with van der Waals surface area (Å²) in [6.07, 6.45) is 0.333. The number of aromatic hydroxyl groups is 1. The Morgan fingerprint density at radius 3 is 2.57 bits per heavy atom. The van der Waals surface area contributed by atoms with Gasteiger partial charge in [0.25, 0.3) is 0 Å². The number of hydroxylamine groups is 2. The molecule has 152 valence electrons. The summed E-state index contributed by atoms with van der Waals surface area (Å²) in [5.74, 6) is 1.48. The zero-order valence-corrected chi connectivity index (χ0v) is 16.7. The molecule has 1 spiro atoms. The van der Waals surface area contributed by atoms with Crippen molar-refractivity contribution < 1.29 is 14.7 Å². The molecule has 5 rings (SSSR count). The summed E-state index contributed by atoms with van der Waals surface area (Å²) in [5.41, 5.74) is 2.06. The second kappa shape index (κ2) is 7.39. The number of phenols is 1. The Kier molecular flexibility index (Phi) is 4.56. The third kappa shape index (κ3) is 3.35. The normalized spacial score (nSPS) is 23.8. The van der Waals surface area contributed by atoms with E-state index in [1.807, 2.05) is 67.7 Å². The van der Waals surface area contributed by atoms with Gasteiger partial charge in [-0.2, -0.15) is 0 Å². The van der Waals surface area contributed by atoms with Crippen LogP contribution in [-0.2, 0) is 17.1 Å². The first kappa shape index (κ1) is 18.5. The van der Waals surface area contributed by atoms with Crippen LogP contribution < -0.4 is 10.1 Å². The lowest BCUT2D eigenvalue weighted by atomic mass is 9.89. The second-order valence-corrected chi connectivity index (χ2v) is 7.57. The van der Waals surface area contributed by atoms with Crippen LogP contribution in [0.2, 0.25) is 0 Å². The van der Waals surface area contributed by atoms with Crippen LogP contribution in [0.5, 0.6) is 11.5 Å². The van der Waals surface area contributed by atoms with Crippen LogP contribution in [0.1, 0.15) is 29.2 Å². The quantitative estimate of drug-likeness (QED) is 0.692. The van der Waals surface area contributed by atoms with Gasteiger partial charge in [0.2, 0.25) is 11.7 Å². The Balaban J connectivity index is 1.50. The first-order chi connectivity index (χ1) is 14.6. The fourth-order valence-corrected chi connectivity index (χ4v) is 4.01. The predicted molar refractivity (Wildman–Crippen MR) is 114 cm³/mol. The molecular weight excluding hydrogens is 378 g/mol. The van der Waals surface area contributed by atoms with Gasteiger partial charge in [-0.15, -0.1) is 0 Å². The van der Waals surface area contributed by atoms with Gasteiger partial charge >= 0.3 is 0 Å². The van der Waals surface area contributed by atoms with Crippen molar-refractivity contribution in [2.75, 3.05) is 7.05 Å². The number of hydrogen-bond acceptors (Lipinski definition) is 4. The second-order valence-electron chi connectivity index (χ2n) is 7.57. The molecule has 0 radical (unpaired) electrons. The SMILES string of the molecule is CN1OC2(CC(c3ccccc3)Oc3ccc(O)cc32)NC1=NCc1ccccc1. The number of guanidine groups is 1. The highest BCUT2D eigenvalue weighted by Crippen LogP contribution is 2.48. The molecule has 0 bridgehead atoms. The monoisotopic (exact) mass is 401 g/mol. The number of nitrogens with one attached hydrogen (secondary N) is 1. The van der Waals surface area contributed by atoms with Crippen molar-refractivity contribution in [3.8, 4) is 11.5 Å². The van der Waals surface area contributed by atoms with E-state index in [0.29, 0.717) is 24.7 Å². The maximum Gasteiger partial charge on any atom is 0.221 e. The van der Waals surface area contributed by atoms with Crippen LogP contribution in [0.4, 0.5) is 0 Å². The standard InChI is InChI=1S/C24H23N3O3/c1-27-23(25-16-17-8-4-2-5-9-17)26-24(30-27)15-22(18-10-6-3-7-11-18)29-21-13-12-19(28)14-20(21)24/h2-14,22,28H,15-16H2,1H3,(H,25,26). The summed E-state index contributed by atoms with van der Waals surface area (Å²) in [6, 6.07) is 25.3. The van der Waals surface area contributed by atoms with Gasteiger partial charge in [-0.25, -0.2) is 14.9 Å². The predicted octanol–water partition coefficient (Wildman–Crippen LogP) is 4.09. The molecule has 6 heteroatoms. The molecule has 2 unspecified atom stereocenters. The van der Waals surface area contributed by atoms with Gasteiger partial charge in [-0.05, 0) is 29.3 Å². The smallest absolute Gasteiger partial charge is 0.221 e. The molecule has 6 nitrogen and oxygen atoms in total. The molecule has 2 atom stereocenters. The summed E-state index contributed by atoms with van der Waals surface area (Å²) in [4.78, 5) is 11.0. The van der Waals surface area contributed by atoms with E-state index < -0.39 is 5.72 Å². The average molecular weight is 401 g/mol. The van der Waals surface area contributed by atoms with E-state index in [4.69, 9.17) is 14.6 Å². The lowest BCUT2D eigenvalue weighted by molar-refractivity contribution is -0.191. The fourth-order valence-electron chi connectivity index (χ4n) is 4.01. The number of benzene rings is 3. The molecule has 3 aromatic rings. The van der Waals surface area contributed by atoms with Crippen LogP contribution in [-0.4, -0.2) is 23.2 Å². The lowest BCUT2D eigenvalue weighted by Gasteiger charge is -2.38. The molecule has 2 heterocycles. The zero-order chi connectivity index (χ0) is 20.6. The number of phenolic OH excluding ortho intramolecular Hbond substituents is 1. The largest absolute Gasteiger partial charge is 0.508 e. The van der Waals surface area contributed by atoms with E-state index in [9.17, 15) is 5.11 Å². The number of hydrogen-bond donors (Lipinski definition) is 2. The van der Waals surface area contributed by atoms with Crippen molar-refractivity contribution in [2.24, 2.45) is 4.99 Å². The molecule has 1 saturated heterocycles. The fraction of sp³-hybridized carbons (Fsp3) is 0.208. The molecule has 3 aromatic carbocycles. The van der Waals surface area contributed by atoms with Crippen LogP contribution in [0, 0.1) is 0 Å². The lowest BCUT2D eigenvalue weighted by Crippen LogP contribution is -2.44. The summed E-state index contributed by atoms with van der Waals surface area (Å²) in [7, 11) is 1.83. The highest BCUT2D eigenvalue weighted by atomic mass is 16.7. The molecule has 2 aliphatic heterocycles. The molecule has 0 amide bonds. The summed E-state index contributed by atoms with van der Waals surface area (Å²) in [6.45, 7) is 0.540. The third-order valence-corrected chi connectivity index (χ3v) is 5.47. The van der Waals surface area contributed by atoms with Gasteiger partial charge in [-0.3, -0.25) is 0 Å². The van der Waals surface area contributed by atoms with Crippen molar-refractivity contribution in [2.45, 2.75) is 24.8 Å². The van der Waals surface area contributed by atoms with Crippen LogP contribution >= 0.6 is 0 Å². The number of aliphatic imine (C=N–C) groups is 1. The van der Waals surface area contributed by atoms with Gasteiger partial charge in [0.1, 0.15) is 17.6 Å². The average Bonchev–Trinajstić information content (AvgIpc) is 3.09. The third-order valence-electron chi connectivity index (χ3n) is 5.47. The molecule has 0 aromatic heterocycles. The first-order valence-electron chi connectivity index (χ1n) is 9.97. The Morgan fingerprint density at radius 1 is 1.07 bits per heavy atom. The van der Waals surface area contributed by atoms with Crippen molar-refractivity contribution in [1.29, 1.82) is 0 Å². The maximum atomic E-state index is 10.1. The highest BCUT2D eigenvalue weighted by molar-refractivity contribution is 5.81. The number of ether oxygens (including phenoxy) is 1. The summed E-state index contributed by atoms with van der Waals surface area (Å²) < 4.78 is 6.27. The maximum absolute atomic E-state index is 10.1. The topological polar surface area (TPSA) is 66.3 Å². The van der Waals surface area contributed by atoms with Crippen LogP contribution in [0.25, 0.3) is 0 Å². The van der Waals surface area contributed by atoms with Gasteiger partial charge < -0.3 is 15.2 Å². The number of fused-ring (bicyclic) bond motifs is 2. The Labute approximate surface area is 175 Å². The Hall–Kier alpha value is -3.51. The summed E-state index contributed by atoms with van der Waals surface area (Å²) >= 11 is 0. The van der Waals surface area contributed by atoms with E-state index in [1.165, 1.54) is 0 Å². The molecule has 0 saturated carbocycles. The van der Waals surface area contributed by atoms with Gasteiger partial charge in [0.15, 0.2) is 0 Å². The molecular formula is C24H23N3O3. The number of nitrogens with zero attached hydrogens (tertiary/aromatic N) is 2. The molecule has 0 aliphatic carbocycles. The summed E-state index contributed by atoms with van der Waals surface area (Å²) in [5, 5.41) is 15.2. The minimum absolute atomic E-state index is 0.164. The Bertz CT molecular complexity index is 1070. The number of rotatable bonds is 3. The van der Waals surface area contributed by atoms with Crippen molar-refractivity contribution in [3.05, 3.63) is 95.6 Å². The minimum atomic E-state index is -0.878. The molecule has 2 N–H and O–H groups in total. The highest BCUT2D eigenvalue weighted by Gasteiger charge is 2.50. The van der Waals surface area contributed by atoms with Crippen LogP contribution in [0.15, 0.2) is 83.9 Å². The van der Waals surface area contributed by atoms with Gasteiger partial charge in [-0.1, -0.05) is 60.7 Å². The van der Waals surface area contributed by atoms with Crippen molar-refractivity contribution in [3.63, 3.8) is 0 Å².